The fraction of sp³-hybridized carbons (Fsp3) is 0.385. The Morgan fingerprint density at radius 1 is 1.35 bits per heavy atom. The normalized spacial score (nSPS) is 20.0. The lowest BCUT2D eigenvalue weighted by molar-refractivity contribution is 0.329. The van der Waals surface area contributed by atoms with Gasteiger partial charge in [-0.2, -0.15) is 4.31 Å². The highest BCUT2D eigenvalue weighted by atomic mass is 32.2. The molecule has 2 aromatic heterocycles. The van der Waals surface area contributed by atoms with E-state index in [1.54, 1.807) is 27.1 Å². The Morgan fingerprint density at radius 3 is 2.85 bits per heavy atom. The molecule has 0 aromatic carbocycles. The Kier molecular flexibility index (Phi) is 3.72. The number of sulfonamides is 1. The molecule has 0 amide bonds. The second-order valence-electron chi connectivity index (χ2n) is 4.75. The van der Waals surface area contributed by atoms with Gasteiger partial charge in [0.2, 0.25) is 10.0 Å². The maximum absolute atomic E-state index is 12.9. The molecule has 7 heteroatoms. The highest BCUT2D eigenvalue weighted by Gasteiger charge is 2.35. The van der Waals surface area contributed by atoms with E-state index in [9.17, 15) is 8.42 Å². The molecule has 0 bridgehead atoms. The highest BCUT2D eigenvalue weighted by molar-refractivity contribution is 7.89. The van der Waals surface area contributed by atoms with Gasteiger partial charge in [-0.15, -0.1) is 22.7 Å². The minimum Gasteiger partial charge on any atom is -0.326 e. The molecule has 0 radical (unpaired) electrons. The van der Waals surface area contributed by atoms with E-state index in [2.05, 4.69) is 0 Å². The van der Waals surface area contributed by atoms with Gasteiger partial charge in [0.25, 0.3) is 0 Å². The van der Waals surface area contributed by atoms with Crippen LogP contribution in [-0.4, -0.2) is 19.3 Å². The van der Waals surface area contributed by atoms with E-state index in [1.807, 2.05) is 18.4 Å². The third kappa shape index (κ3) is 2.14. The van der Waals surface area contributed by atoms with Crippen molar-refractivity contribution >= 4 is 32.7 Å². The average molecular weight is 328 g/mol. The Labute approximate surface area is 126 Å². The topological polar surface area (TPSA) is 63.4 Å². The Hall–Kier alpha value is -0.730. The predicted molar refractivity (Wildman–Crippen MR) is 82.5 cm³/mol. The SMILES string of the molecule is CC1c2ccsc2CCN1S(=O)(=O)c1ccsc1CN. The molecule has 3 rings (SSSR count). The third-order valence-corrected chi connectivity index (χ3v) is 7.82. The van der Waals surface area contributed by atoms with E-state index < -0.39 is 10.0 Å². The minimum atomic E-state index is -3.46. The first-order valence-electron chi connectivity index (χ1n) is 6.40. The summed E-state index contributed by atoms with van der Waals surface area (Å²) in [5.74, 6) is 0. The first-order chi connectivity index (χ1) is 9.55. The molecule has 2 aromatic rings. The summed E-state index contributed by atoms with van der Waals surface area (Å²) in [5, 5.41) is 3.83. The van der Waals surface area contributed by atoms with Crippen molar-refractivity contribution in [2.45, 2.75) is 30.8 Å². The maximum Gasteiger partial charge on any atom is 0.244 e. The fourth-order valence-corrected chi connectivity index (χ4v) is 6.53. The van der Waals surface area contributed by atoms with Crippen molar-refractivity contribution in [1.82, 2.24) is 4.31 Å². The summed E-state index contributed by atoms with van der Waals surface area (Å²) < 4.78 is 27.3. The second kappa shape index (κ2) is 5.23. The molecule has 1 aliphatic rings. The van der Waals surface area contributed by atoms with E-state index in [0.29, 0.717) is 11.4 Å². The molecule has 0 spiro atoms. The highest BCUT2D eigenvalue weighted by Crippen LogP contribution is 2.37. The van der Waals surface area contributed by atoms with E-state index in [0.717, 1.165) is 16.9 Å². The number of rotatable bonds is 3. The monoisotopic (exact) mass is 328 g/mol. The van der Waals surface area contributed by atoms with Crippen LogP contribution < -0.4 is 5.73 Å². The lowest BCUT2D eigenvalue weighted by atomic mass is 10.0. The van der Waals surface area contributed by atoms with Gasteiger partial charge in [0.05, 0.1) is 4.90 Å². The zero-order valence-corrected chi connectivity index (χ0v) is 13.5. The van der Waals surface area contributed by atoms with Gasteiger partial charge in [-0.05, 0) is 41.8 Å². The van der Waals surface area contributed by atoms with Crippen LogP contribution in [0, 0.1) is 0 Å². The molecule has 0 aliphatic carbocycles. The van der Waals surface area contributed by atoms with Gasteiger partial charge in [-0.3, -0.25) is 0 Å². The van der Waals surface area contributed by atoms with Crippen LogP contribution in [0.5, 0.6) is 0 Å². The van der Waals surface area contributed by atoms with Crippen LogP contribution in [0.2, 0.25) is 0 Å². The number of hydrogen-bond acceptors (Lipinski definition) is 5. The van der Waals surface area contributed by atoms with Crippen molar-refractivity contribution in [3.8, 4) is 0 Å². The van der Waals surface area contributed by atoms with Crippen molar-refractivity contribution in [2.75, 3.05) is 6.54 Å². The molecule has 4 nitrogen and oxygen atoms in total. The molecule has 0 fully saturated rings. The largest absolute Gasteiger partial charge is 0.326 e. The molecule has 20 heavy (non-hydrogen) atoms. The van der Waals surface area contributed by atoms with Crippen molar-refractivity contribution in [1.29, 1.82) is 0 Å². The molecule has 0 saturated carbocycles. The lowest BCUT2D eigenvalue weighted by Gasteiger charge is -2.32. The summed E-state index contributed by atoms with van der Waals surface area (Å²) in [4.78, 5) is 2.40. The summed E-state index contributed by atoms with van der Waals surface area (Å²) in [6, 6.07) is 3.59. The summed E-state index contributed by atoms with van der Waals surface area (Å²) in [6.45, 7) is 2.76. The van der Waals surface area contributed by atoms with E-state index >= 15 is 0 Å². The van der Waals surface area contributed by atoms with Gasteiger partial charge in [-0.1, -0.05) is 0 Å². The van der Waals surface area contributed by atoms with Gasteiger partial charge >= 0.3 is 0 Å². The number of nitrogens with two attached hydrogens (primary N) is 1. The molecule has 1 unspecified atom stereocenters. The molecule has 1 atom stereocenters. The van der Waals surface area contributed by atoms with Crippen molar-refractivity contribution < 1.29 is 8.42 Å². The standard InChI is InChI=1S/C13H16N2O2S3/c1-9-10-3-6-18-11(10)2-5-15(9)20(16,17)13-4-7-19-12(13)8-14/h3-4,6-7,9H,2,5,8,14H2,1H3. The first kappa shape index (κ1) is 14.2. The lowest BCUT2D eigenvalue weighted by Crippen LogP contribution is -2.38. The second-order valence-corrected chi connectivity index (χ2v) is 8.61. The van der Waals surface area contributed by atoms with Crippen LogP contribution in [-0.2, 0) is 23.0 Å². The maximum atomic E-state index is 12.9. The Balaban J connectivity index is 2.01. The number of thiophene rings is 2. The first-order valence-corrected chi connectivity index (χ1v) is 9.60. The molecule has 0 saturated heterocycles. The van der Waals surface area contributed by atoms with Gasteiger partial charge in [0.1, 0.15) is 0 Å². The van der Waals surface area contributed by atoms with Crippen LogP contribution in [0.15, 0.2) is 27.8 Å². The van der Waals surface area contributed by atoms with Crippen molar-refractivity contribution in [3.05, 3.63) is 38.2 Å². The minimum absolute atomic E-state index is 0.111. The Bertz CT molecular complexity index is 718. The summed E-state index contributed by atoms with van der Waals surface area (Å²) in [6.07, 6.45) is 0.790. The molecule has 1 aliphatic heterocycles. The van der Waals surface area contributed by atoms with Crippen molar-refractivity contribution in [2.24, 2.45) is 5.73 Å². The van der Waals surface area contributed by atoms with Gasteiger partial charge in [0.15, 0.2) is 0 Å². The van der Waals surface area contributed by atoms with E-state index in [1.165, 1.54) is 16.2 Å². The molecular weight excluding hydrogens is 312 g/mol. The molecule has 3 heterocycles. The molecular formula is C13H16N2O2S3. The molecule has 2 N–H and O–H groups in total. The van der Waals surface area contributed by atoms with Crippen LogP contribution in [0.4, 0.5) is 0 Å². The van der Waals surface area contributed by atoms with Crippen LogP contribution in [0.25, 0.3) is 0 Å². The summed E-state index contributed by atoms with van der Waals surface area (Å²) in [5.41, 5.74) is 6.78. The number of hydrogen-bond donors (Lipinski definition) is 1. The van der Waals surface area contributed by atoms with E-state index in [4.69, 9.17) is 5.73 Å². The predicted octanol–water partition coefficient (Wildman–Crippen LogP) is 2.58. The van der Waals surface area contributed by atoms with Gasteiger partial charge < -0.3 is 5.73 Å². The van der Waals surface area contributed by atoms with Crippen LogP contribution >= 0.6 is 22.7 Å². The van der Waals surface area contributed by atoms with Crippen LogP contribution in [0.3, 0.4) is 0 Å². The number of fused-ring (bicyclic) bond motifs is 1. The summed E-state index contributed by atoms with van der Waals surface area (Å²) in [7, 11) is -3.46. The molecule has 108 valence electrons. The Morgan fingerprint density at radius 2 is 2.10 bits per heavy atom. The smallest absolute Gasteiger partial charge is 0.244 e. The van der Waals surface area contributed by atoms with Gasteiger partial charge in [-0.25, -0.2) is 8.42 Å². The fourth-order valence-electron chi connectivity index (χ4n) is 2.65. The third-order valence-electron chi connectivity index (χ3n) is 3.70. The number of nitrogens with zero attached hydrogens (tertiary/aromatic N) is 1. The van der Waals surface area contributed by atoms with Crippen molar-refractivity contribution in [3.63, 3.8) is 0 Å². The van der Waals surface area contributed by atoms with Crippen LogP contribution in [0.1, 0.15) is 28.3 Å². The summed E-state index contributed by atoms with van der Waals surface area (Å²) >= 11 is 3.11. The van der Waals surface area contributed by atoms with E-state index in [-0.39, 0.29) is 12.6 Å². The van der Waals surface area contributed by atoms with Gasteiger partial charge in [0, 0.05) is 28.9 Å². The average Bonchev–Trinajstić information content (AvgIpc) is 3.07. The zero-order valence-electron chi connectivity index (χ0n) is 11.1. The zero-order chi connectivity index (χ0) is 14.3. The quantitative estimate of drug-likeness (QED) is 0.942.